The number of allylic oxidation sites excluding steroid dienone is 1. The summed E-state index contributed by atoms with van der Waals surface area (Å²) in [5.74, 6) is 1.83. The summed E-state index contributed by atoms with van der Waals surface area (Å²) in [6.07, 6.45) is 4.55. The van der Waals surface area contributed by atoms with Crippen molar-refractivity contribution in [1.29, 1.82) is 0 Å². The lowest BCUT2D eigenvalue weighted by atomic mass is 9.89. The Morgan fingerprint density at radius 3 is 2.22 bits per heavy atom. The largest absolute Gasteiger partial charge is 0.488 e. The van der Waals surface area contributed by atoms with Gasteiger partial charge in [0, 0.05) is 57.6 Å². The average Bonchev–Trinajstić information content (AvgIpc) is 3.45. The fourth-order valence-electron chi connectivity index (χ4n) is 8.19. The van der Waals surface area contributed by atoms with Gasteiger partial charge in [-0.3, -0.25) is 4.79 Å². The van der Waals surface area contributed by atoms with Gasteiger partial charge in [-0.15, -0.1) is 0 Å². The third-order valence-corrected chi connectivity index (χ3v) is 10.8. The van der Waals surface area contributed by atoms with Crippen LogP contribution in [0.25, 0.3) is 32.6 Å². The lowest BCUT2D eigenvalue weighted by Crippen LogP contribution is -2.18. The molecule has 6 rings (SSSR count). The number of benzene rings is 5. The molecular formula is C49H56N2O4. The highest BCUT2D eigenvalue weighted by molar-refractivity contribution is 6.27. The zero-order chi connectivity index (χ0) is 39.4. The van der Waals surface area contributed by atoms with Crippen LogP contribution in [0.3, 0.4) is 0 Å². The number of ether oxygens (including phenoxy) is 2. The number of aromatic nitrogens is 1. The van der Waals surface area contributed by atoms with E-state index in [1.165, 1.54) is 19.3 Å². The van der Waals surface area contributed by atoms with Gasteiger partial charge in [0.15, 0.2) is 5.78 Å². The minimum Gasteiger partial charge on any atom is -0.488 e. The third-order valence-electron chi connectivity index (χ3n) is 10.8. The number of carbonyl (C=O) groups is 1. The van der Waals surface area contributed by atoms with Crippen molar-refractivity contribution in [3.05, 3.63) is 136 Å². The van der Waals surface area contributed by atoms with Crippen LogP contribution in [0.5, 0.6) is 5.75 Å². The second kappa shape index (κ2) is 17.1. The Kier molecular flexibility index (Phi) is 12.3. The second-order valence-corrected chi connectivity index (χ2v) is 15.3. The first-order valence-electron chi connectivity index (χ1n) is 19.7. The molecule has 1 heterocycles. The van der Waals surface area contributed by atoms with Gasteiger partial charge in [0.1, 0.15) is 23.3 Å². The Labute approximate surface area is 326 Å². The number of aryl methyl sites for hydroxylation is 4. The maximum absolute atomic E-state index is 14.8. The summed E-state index contributed by atoms with van der Waals surface area (Å²) in [5.41, 5.74) is 10.5. The van der Waals surface area contributed by atoms with E-state index in [4.69, 9.17) is 19.5 Å². The molecule has 286 valence electrons. The maximum atomic E-state index is 14.8. The highest BCUT2D eigenvalue weighted by Crippen LogP contribution is 2.39. The molecule has 1 aromatic heterocycles. The van der Waals surface area contributed by atoms with Crippen molar-refractivity contribution in [3.63, 3.8) is 0 Å². The van der Waals surface area contributed by atoms with Crippen LogP contribution in [0.4, 0.5) is 0 Å². The van der Waals surface area contributed by atoms with Gasteiger partial charge in [0.25, 0.3) is 0 Å². The number of rotatable bonds is 16. The number of fused-ring (bicyclic) bond motifs is 5. The molecular weight excluding hydrogens is 681 g/mol. The summed E-state index contributed by atoms with van der Waals surface area (Å²) in [5, 5.41) is 8.88. The Morgan fingerprint density at radius 2 is 1.56 bits per heavy atom. The van der Waals surface area contributed by atoms with E-state index < -0.39 is 0 Å². The van der Waals surface area contributed by atoms with Gasteiger partial charge in [-0.1, -0.05) is 92.9 Å². The first kappa shape index (κ1) is 39.5. The Hall–Kier alpha value is -5.20. The van der Waals surface area contributed by atoms with Crippen molar-refractivity contribution < 1.29 is 19.1 Å². The molecule has 2 atom stereocenters. The molecule has 6 nitrogen and oxygen atoms in total. The standard InChI is InChI=1S/C49H56N2O4/c1-11-13-16-36(12-2)28-51-45-22-19-37(47(50-55-30(3)4)39-21-20-38(25-32(39)6)54-35(9)29-53-10)26-42(45)43-27-44(40-17-14-15-18-41(40)48(43)51)49(52)46-33(7)23-31(5)24-34(46)8/h14-15,17-27,35-36H,3,11-13,16,28-29H2,1-2,4-10H3/b50-47+. The number of oxime groups is 1. The summed E-state index contributed by atoms with van der Waals surface area (Å²) in [4.78, 5) is 20.5. The SMILES string of the molecule is C=C(C)O/N=C(\c1ccc2c(c1)c1cc(C(=O)c3c(C)cc(C)cc3C)c3ccccc3c1n2CC(CC)CCCC)c1ccc(OC(C)COC)cc1C. The van der Waals surface area contributed by atoms with Crippen molar-refractivity contribution in [2.45, 2.75) is 93.7 Å². The van der Waals surface area contributed by atoms with E-state index in [0.717, 1.165) is 90.2 Å². The zero-order valence-corrected chi connectivity index (χ0v) is 34.1. The molecule has 0 aliphatic carbocycles. The fraction of sp³-hybridized carbons (Fsp3) is 0.347. The van der Waals surface area contributed by atoms with Gasteiger partial charge in [-0.25, -0.2) is 0 Å². The fourth-order valence-corrected chi connectivity index (χ4v) is 8.19. The first-order valence-corrected chi connectivity index (χ1v) is 19.7. The number of hydrogen-bond donors (Lipinski definition) is 0. The Bertz CT molecular complexity index is 2390. The molecule has 0 saturated carbocycles. The van der Waals surface area contributed by atoms with E-state index in [2.05, 4.69) is 93.4 Å². The molecule has 0 radical (unpaired) electrons. The highest BCUT2D eigenvalue weighted by Gasteiger charge is 2.24. The molecule has 0 spiro atoms. The lowest BCUT2D eigenvalue weighted by molar-refractivity contribution is 0.0920. The van der Waals surface area contributed by atoms with Crippen LogP contribution in [-0.4, -0.2) is 35.9 Å². The Balaban J connectivity index is 1.62. The van der Waals surface area contributed by atoms with Crippen molar-refractivity contribution in [2.75, 3.05) is 13.7 Å². The van der Waals surface area contributed by atoms with Crippen molar-refractivity contribution in [2.24, 2.45) is 11.1 Å². The molecule has 0 aliphatic rings. The Morgan fingerprint density at radius 1 is 0.836 bits per heavy atom. The summed E-state index contributed by atoms with van der Waals surface area (Å²) in [6, 6.07) is 27.4. The number of hydrogen-bond acceptors (Lipinski definition) is 5. The van der Waals surface area contributed by atoms with Gasteiger partial charge in [0.05, 0.1) is 12.1 Å². The van der Waals surface area contributed by atoms with Crippen molar-refractivity contribution >= 4 is 44.1 Å². The van der Waals surface area contributed by atoms with Crippen LogP contribution >= 0.6 is 0 Å². The molecule has 0 amide bonds. The maximum Gasteiger partial charge on any atom is 0.194 e. The normalized spacial score (nSPS) is 13.1. The van der Waals surface area contributed by atoms with Crippen LogP contribution in [-0.2, 0) is 16.1 Å². The molecule has 0 bridgehead atoms. The van der Waals surface area contributed by atoms with E-state index in [0.29, 0.717) is 29.6 Å². The van der Waals surface area contributed by atoms with Gasteiger partial charge >= 0.3 is 0 Å². The van der Waals surface area contributed by atoms with Crippen LogP contribution in [0.15, 0.2) is 96.4 Å². The topological polar surface area (TPSA) is 62.0 Å². The zero-order valence-electron chi connectivity index (χ0n) is 34.1. The van der Waals surface area contributed by atoms with E-state index >= 15 is 0 Å². The minimum atomic E-state index is -0.0872. The third kappa shape index (κ3) is 8.25. The summed E-state index contributed by atoms with van der Waals surface area (Å²) >= 11 is 0. The van der Waals surface area contributed by atoms with E-state index in [1.54, 1.807) is 14.0 Å². The highest BCUT2D eigenvalue weighted by atomic mass is 16.6. The van der Waals surface area contributed by atoms with Crippen molar-refractivity contribution in [1.82, 2.24) is 4.57 Å². The van der Waals surface area contributed by atoms with Crippen LogP contribution in [0.1, 0.15) is 103 Å². The second-order valence-electron chi connectivity index (χ2n) is 15.3. The summed E-state index contributed by atoms with van der Waals surface area (Å²) in [7, 11) is 1.68. The van der Waals surface area contributed by atoms with Gasteiger partial charge < -0.3 is 18.9 Å². The molecule has 2 unspecified atom stereocenters. The van der Waals surface area contributed by atoms with Crippen LogP contribution < -0.4 is 4.74 Å². The van der Waals surface area contributed by atoms with Crippen LogP contribution in [0.2, 0.25) is 0 Å². The number of methoxy groups -OCH3 is 1. The van der Waals surface area contributed by atoms with E-state index in [-0.39, 0.29) is 11.9 Å². The number of ketones is 1. The predicted molar refractivity (Wildman–Crippen MR) is 229 cm³/mol. The van der Waals surface area contributed by atoms with E-state index in [1.807, 2.05) is 45.0 Å². The average molecular weight is 737 g/mol. The van der Waals surface area contributed by atoms with Gasteiger partial charge in [-0.2, -0.15) is 0 Å². The molecule has 0 N–H and O–H groups in total. The minimum absolute atomic E-state index is 0.0504. The number of carbonyl (C=O) groups excluding carboxylic acids is 1. The smallest absolute Gasteiger partial charge is 0.194 e. The molecule has 6 aromatic rings. The molecule has 0 saturated heterocycles. The lowest BCUT2D eigenvalue weighted by Gasteiger charge is -2.19. The molecule has 0 aliphatic heterocycles. The van der Waals surface area contributed by atoms with Crippen LogP contribution in [0, 0.1) is 33.6 Å². The molecule has 55 heavy (non-hydrogen) atoms. The monoisotopic (exact) mass is 736 g/mol. The number of unbranched alkanes of at least 4 members (excludes halogenated alkanes) is 1. The first-order chi connectivity index (χ1) is 26.4. The van der Waals surface area contributed by atoms with Crippen molar-refractivity contribution in [3.8, 4) is 5.75 Å². The predicted octanol–water partition coefficient (Wildman–Crippen LogP) is 12.3. The molecule has 6 heteroatoms. The van der Waals surface area contributed by atoms with Gasteiger partial charge in [-0.05, 0) is 112 Å². The summed E-state index contributed by atoms with van der Waals surface area (Å²) < 4.78 is 13.9. The van der Waals surface area contributed by atoms with Gasteiger partial charge in [0.2, 0.25) is 0 Å². The quantitative estimate of drug-likeness (QED) is 0.0429. The van der Waals surface area contributed by atoms with E-state index in [9.17, 15) is 4.79 Å². The molecule has 0 fully saturated rings. The summed E-state index contributed by atoms with van der Waals surface area (Å²) in [6.45, 7) is 21.9. The molecule has 5 aromatic carbocycles. The number of nitrogens with zero attached hydrogens (tertiary/aromatic N) is 2.